The summed E-state index contributed by atoms with van der Waals surface area (Å²) in [7, 11) is 2.23. The highest BCUT2D eigenvalue weighted by molar-refractivity contribution is 5.29. The summed E-state index contributed by atoms with van der Waals surface area (Å²) in [6, 6.07) is 10.0. The first kappa shape index (κ1) is 14.1. The lowest BCUT2D eigenvalue weighted by Crippen LogP contribution is -2.31. The lowest BCUT2D eigenvalue weighted by molar-refractivity contribution is 0.333. The first-order chi connectivity index (χ1) is 9.63. The van der Waals surface area contributed by atoms with Crippen LogP contribution in [0.4, 0.5) is 0 Å². The molecular weight excluding hydrogens is 244 g/mol. The summed E-state index contributed by atoms with van der Waals surface area (Å²) in [6.07, 6.45) is 2.63. The summed E-state index contributed by atoms with van der Waals surface area (Å²) in [5.41, 5.74) is 2.99. The Morgan fingerprint density at radius 2 is 1.70 bits per heavy atom. The molecule has 1 aromatic carbocycles. The van der Waals surface area contributed by atoms with Gasteiger partial charge in [0.25, 0.3) is 0 Å². The maximum absolute atomic E-state index is 3.68. The fourth-order valence-corrected chi connectivity index (χ4v) is 3.90. The highest BCUT2D eigenvalue weighted by Gasteiger charge is 2.28. The Balaban J connectivity index is 1.68. The van der Waals surface area contributed by atoms with Crippen LogP contribution < -0.4 is 5.32 Å². The van der Waals surface area contributed by atoms with Crippen LogP contribution in [0.3, 0.4) is 0 Å². The van der Waals surface area contributed by atoms with Crippen LogP contribution in [0.5, 0.6) is 0 Å². The number of benzene rings is 1. The summed E-state index contributed by atoms with van der Waals surface area (Å²) in [4.78, 5) is 2.45. The van der Waals surface area contributed by atoms with Crippen LogP contribution in [0.1, 0.15) is 49.8 Å². The Hall–Kier alpha value is -0.860. The molecule has 4 atom stereocenters. The van der Waals surface area contributed by atoms with Crippen LogP contribution in [0.15, 0.2) is 24.3 Å². The second kappa shape index (κ2) is 5.87. The molecule has 2 saturated heterocycles. The molecule has 2 aliphatic heterocycles. The number of likely N-dealkylation sites (tertiary alicyclic amines) is 1. The van der Waals surface area contributed by atoms with Crippen molar-refractivity contribution in [2.45, 2.75) is 38.6 Å². The highest BCUT2D eigenvalue weighted by Crippen LogP contribution is 2.33. The van der Waals surface area contributed by atoms with Crippen molar-refractivity contribution in [3.05, 3.63) is 35.4 Å². The van der Waals surface area contributed by atoms with Crippen molar-refractivity contribution < 1.29 is 0 Å². The molecule has 0 amide bonds. The van der Waals surface area contributed by atoms with Crippen LogP contribution in [0, 0.1) is 11.8 Å². The van der Waals surface area contributed by atoms with Gasteiger partial charge in [0.05, 0.1) is 0 Å². The Bertz CT molecular complexity index is 431. The highest BCUT2D eigenvalue weighted by atomic mass is 15.1. The van der Waals surface area contributed by atoms with Gasteiger partial charge in [-0.2, -0.15) is 0 Å². The van der Waals surface area contributed by atoms with E-state index in [0.717, 1.165) is 18.4 Å². The van der Waals surface area contributed by atoms with Gasteiger partial charge in [0.1, 0.15) is 0 Å². The molecule has 0 aromatic heterocycles. The summed E-state index contributed by atoms with van der Waals surface area (Å²) in [5, 5.41) is 3.68. The third kappa shape index (κ3) is 2.91. The van der Waals surface area contributed by atoms with Gasteiger partial charge in [0, 0.05) is 25.0 Å². The van der Waals surface area contributed by atoms with Gasteiger partial charge in [-0.15, -0.1) is 0 Å². The summed E-state index contributed by atoms with van der Waals surface area (Å²) >= 11 is 0. The van der Waals surface area contributed by atoms with Gasteiger partial charge in [-0.1, -0.05) is 38.1 Å². The molecule has 0 unspecified atom stereocenters. The fraction of sp³-hybridized carbons (Fsp3) is 0.667. The van der Waals surface area contributed by atoms with Gasteiger partial charge in [0.2, 0.25) is 0 Å². The van der Waals surface area contributed by atoms with Crippen LogP contribution in [0.25, 0.3) is 0 Å². The molecule has 1 N–H and O–H groups in total. The maximum atomic E-state index is 3.68. The average molecular weight is 272 g/mol. The molecule has 3 rings (SSSR count). The lowest BCUT2D eigenvalue weighted by atomic mass is 9.87. The minimum atomic E-state index is 0.573. The molecule has 0 radical (unpaired) electrons. The molecule has 2 fully saturated rings. The van der Waals surface area contributed by atoms with Crippen LogP contribution in [0.2, 0.25) is 0 Å². The Morgan fingerprint density at radius 1 is 1.00 bits per heavy atom. The van der Waals surface area contributed by atoms with Crippen molar-refractivity contribution in [1.29, 1.82) is 0 Å². The standard InChI is InChI=1S/C18H28N2/c1-13-4-9-18(19-10-13)16-7-5-15(6-8-16)17-12-20(3)11-14(17)2/h5-8,13-14,17-19H,4,9-12H2,1-3H3/t13-,14+,17-,18+/m0/s1. The Morgan fingerprint density at radius 3 is 2.25 bits per heavy atom. The van der Waals surface area contributed by atoms with Crippen LogP contribution in [-0.4, -0.2) is 31.6 Å². The number of piperidine rings is 1. The van der Waals surface area contributed by atoms with E-state index in [-0.39, 0.29) is 0 Å². The molecule has 0 aliphatic carbocycles. The molecular formula is C18H28N2. The summed E-state index contributed by atoms with van der Waals surface area (Å²) < 4.78 is 0. The zero-order chi connectivity index (χ0) is 14.1. The lowest BCUT2D eigenvalue weighted by Gasteiger charge is -2.28. The van der Waals surface area contributed by atoms with E-state index in [0.29, 0.717) is 12.0 Å². The second-order valence-electron chi connectivity index (χ2n) is 7.12. The SMILES string of the molecule is C[C@H]1CC[C@H](c2ccc([C@H]3CN(C)C[C@H]3C)cc2)NC1. The molecule has 0 saturated carbocycles. The van der Waals surface area contributed by atoms with Crippen molar-refractivity contribution in [2.75, 3.05) is 26.7 Å². The largest absolute Gasteiger partial charge is 0.310 e. The van der Waals surface area contributed by atoms with Crippen LogP contribution in [-0.2, 0) is 0 Å². The van der Waals surface area contributed by atoms with E-state index in [1.807, 2.05) is 0 Å². The summed E-state index contributed by atoms with van der Waals surface area (Å²) in [5.74, 6) is 2.33. The van der Waals surface area contributed by atoms with E-state index in [2.05, 4.69) is 55.4 Å². The third-order valence-electron chi connectivity index (χ3n) is 5.22. The molecule has 2 aliphatic rings. The first-order valence-corrected chi connectivity index (χ1v) is 8.15. The smallest absolute Gasteiger partial charge is 0.0320 e. The van der Waals surface area contributed by atoms with Gasteiger partial charge in [-0.3, -0.25) is 0 Å². The predicted octanol–water partition coefficient (Wildman–Crippen LogP) is 3.41. The van der Waals surface area contributed by atoms with E-state index in [1.54, 1.807) is 0 Å². The number of likely N-dealkylation sites (N-methyl/N-ethyl adjacent to an activating group) is 1. The van der Waals surface area contributed by atoms with Gasteiger partial charge in [0.15, 0.2) is 0 Å². The van der Waals surface area contributed by atoms with Crippen molar-refractivity contribution in [3.8, 4) is 0 Å². The zero-order valence-corrected chi connectivity index (χ0v) is 13.1. The molecule has 2 heteroatoms. The normalized spacial score (nSPS) is 35.4. The van der Waals surface area contributed by atoms with E-state index < -0.39 is 0 Å². The Kier molecular flexibility index (Phi) is 4.13. The number of hydrogen-bond acceptors (Lipinski definition) is 2. The monoisotopic (exact) mass is 272 g/mol. The zero-order valence-electron chi connectivity index (χ0n) is 13.1. The van der Waals surface area contributed by atoms with Gasteiger partial charge in [-0.05, 0) is 49.4 Å². The molecule has 110 valence electrons. The molecule has 20 heavy (non-hydrogen) atoms. The Labute approximate surface area is 123 Å². The van der Waals surface area contributed by atoms with Crippen molar-refractivity contribution >= 4 is 0 Å². The molecule has 2 nitrogen and oxygen atoms in total. The average Bonchev–Trinajstić information content (AvgIpc) is 2.79. The van der Waals surface area contributed by atoms with Gasteiger partial charge < -0.3 is 10.2 Å². The van der Waals surface area contributed by atoms with E-state index >= 15 is 0 Å². The molecule has 2 heterocycles. The van der Waals surface area contributed by atoms with Crippen molar-refractivity contribution in [1.82, 2.24) is 10.2 Å². The topological polar surface area (TPSA) is 15.3 Å². The van der Waals surface area contributed by atoms with Crippen LogP contribution >= 0.6 is 0 Å². The number of hydrogen-bond donors (Lipinski definition) is 1. The number of rotatable bonds is 2. The van der Waals surface area contributed by atoms with Crippen molar-refractivity contribution in [2.24, 2.45) is 11.8 Å². The quantitative estimate of drug-likeness (QED) is 0.887. The molecule has 1 aromatic rings. The van der Waals surface area contributed by atoms with Crippen molar-refractivity contribution in [3.63, 3.8) is 0 Å². The third-order valence-corrected chi connectivity index (χ3v) is 5.22. The predicted molar refractivity (Wildman–Crippen MR) is 85.0 cm³/mol. The molecule has 0 bridgehead atoms. The van der Waals surface area contributed by atoms with Gasteiger partial charge >= 0.3 is 0 Å². The van der Waals surface area contributed by atoms with E-state index in [1.165, 1.54) is 37.1 Å². The number of nitrogens with zero attached hydrogens (tertiary/aromatic N) is 1. The van der Waals surface area contributed by atoms with E-state index in [4.69, 9.17) is 0 Å². The number of nitrogens with one attached hydrogen (secondary N) is 1. The fourth-order valence-electron chi connectivity index (χ4n) is 3.90. The summed E-state index contributed by atoms with van der Waals surface area (Å²) in [6.45, 7) is 8.32. The minimum absolute atomic E-state index is 0.573. The maximum Gasteiger partial charge on any atom is 0.0320 e. The minimum Gasteiger partial charge on any atom is -0.310 e. The van der Waals surface area contributed by atoms with Gasteiger partial charge in [-0.25, -0.2) is 0 Å². The first-order valence-electron chi connectivity index (χ1n) is 8.15. The van der Waals surface area contributed by atoms with E-state index in [9.17, 15) is 0 Å². The second-order valence-corrected chi connectivity index (χ2v) is 7.12. The molecule has 0 spiro atoms.